The number of halogens is 3. The van der Waals surface area contributed by atoms with E-state index in [0.29, 0.717) is 22.0 Å². The van der Waals surface area contributed by atoms with Gasteiger partial charge in [-0.2, -0.15) is 0 Å². The van der Waals surface area contributed by atoms with Gasteiger partial charge in [0, 0.05) is 21.9 Å². The van der Waals surface area contributed by atoms with E-state index in [-0.39, 0.29) is 10.7 Å². The van der Waals surface area contributed by atoms with E-state index in [0.717, 1.165) is 4.47 Å². The van der Waals surface area contributed by atoms with E-state index in [1.165, 1.54) is 12.3 Å². The van der Waals surface area contributed by atoms with Crippen LogP contribution in [0.25, 0.3) is 6.08 Å². The first-order chi connectivity index (χ1) is 13.9. The highest BCUT2D eigenvalue weighted by atomic mass is 79.9. The van der Waals surface area contributed by atoms with Crippen LogP contribution < -0.4 is 10.6 Å². The number of nitrogens with zero attached hydrogens (tertiary/aromatic N) is 1. The molecule has 1 aromatic heterocycles. The van der Waals surface area contributed by atoms with Gasteiger partial charge in [-0.15, -0.1) is 0 Å². The minimum absolute atomic E-state index is 0.150. The minimum atomic E-state index is -0.637. The number of nitrogens with one attached hydrogen (secondary N) is 2. The second-order valence-corrected chi connectivity index (χ2v) is 7.52. The molecule has 5 nitrogen and oxygen atoms in total. The van der Waals surface area contributed by atoms with Crippen molar-refractivity contribution >= 4 is 68.4 Å². The molecular weight excluding hydrogens is 477 g/mol. The fraction of sp³-hybridized carbons (Fsp3) is 0. The Labute approximate surface area is 185 Å². The van der Waals surface area contributed by atoms with E-state index in [1.54, 1.807) is 54.6 Å². The van der Waals surface area contributed by atoms with Crippen molar-refractivity contribution in [3.8, 4) is 0 Å². The lowest BCUT2D eigenvalue weighted by molar-refractivity contribution is -0.118. The summed E-state index contributed by atoms with van der Waals surface area (Å²) in [6, 6.07) is 17.1. The van der Waals surface area contributed by atoms with Gasteiger partial charge in [0.25, 0.3) is 11.8 Å². The van der Waals surface area contributed by atoms with Crippen LogP contribution in [0.5, 0.6) is 0 Å². The number of carbonyl (C=O) groups excluding carboxylic acids is 2. The fourth-order valence-corrected chi connectivity index (χ4v) is 3.29. The number of anilines is 2. The maximum Gasteiger partial charge on any atom is 0.261 e. The Bertz CT molecular complexity index is 1090. The molecule has 3 aromatic rings. The molecule has 0 saturated carbocycles. The van der Waals surface area contributed by atoms with Crippen molar-refractivity contribution in [1.82, 2.24) is 4.98 Å². The normalized spacial score (nSPS) is 11.1. The molecule has 0 bridgehead atoms. The van der Waals surface area contributed by atoms with Gasteiger partial charge in [-0.05, 0) is 42.5 Å². The zero-order chi connectivity index (χ0) is 20.8. The third-order valence-electron chi connectivity index (χ3n) is 3.79. The number of amides is 2. The molecule has 2 aromatic carbocycles. The van der Waals surface area contributed by atoms with Crippen LogP contribution >= 0.6 is 39.1 Å². The monoisotopic (exact) mass is 489 g/mol. The Morgan fingerprint density at radius 2 is 1.66 bits per heavy atom. The van der Waals surface area contributed by atoms with Gasteiger partial charge in [0.05, 0.1) is 10.7 Å². The van der Waals surface area contributed by atoms with Gasteiger partial charge in [-0.3, -0.25) is 9.59 Å². The van der Waals surface area contributed by atoms with Crippen LogP contribution in [0.15, 0.2) is 76.9 Å². The molecule has 8 heteroatoms. The Kier molecular flexibility index (Phi) is 7.04. The predicted molar refractivity (Wildman–Crippen MR) is 120 cm³/mol. The molecule has 0 aliphatic heterocycles. The van der Waals surface area contributed by atoms with Gasteiger partial charge >= 0.3 is 0 Å². The largest absolute Gasteiger partial charge is 0.322 e. The summed E-state index contributed by atoms with van der Waals surface area (Å²) in [6.07, 6.45) is 2.90. The van der Waals surface area contributed by atoms with Gasteiger partial charge in [0.1, 0.15) is 10.7 Å². The highest BCUT2D eigenvalue weighted by molar-refractivity contribution is 9.10. The molecule has 0 aliphatic rings. The standard InChI is InChI=1S/C21H14BrCl2N3O2/c22-14-8-9-18(17(23)12-14)27-21(29)16(11-13-5-4-10-25-19(13)24)20(28)26-15-6-2-1-3-7-15/h1-12H,(H,26,28)(H,27,29)/b16-11+. The summed E-state index contributed by atoms with van der Waals surface area (Å²) in [5.74, 6) is -1.23. The maximum atomic E-state index is 12.9. The quantitative estimate of drug-likeness (QED) is 0.205. The van der Waals surface area contributed by atoms with Crippen molar-refractivity contribution in [2.75, 3.05) is 10.6 Å². The maximum absolute atomic E-state index is 12.9. The van der Waals surface area contributed by atoms with Gasteiger partial charge in [-0.25, -0.2) is 4.98 Å². The molecule has 0 atom stereocenters. The van der Waals surface area contributed by atoms with Gasteiger partial charge in [0.15, 0.2) is 0 Å². The van der Waals surface area contributed by atoms with Gasteiger partial charge in [-0.1, -0.05) is 63.4 Å². The minimum Gasteiger partial charge on any atom is -0.322 e. The molecule has 1 heterocycles. The van der Waals surface area contributed by atoms with E-state index in [2.05, 4.69) is 31.5 Å². The first kappa shape index (κ1) is 21.0. The summed E-state index contributed by atoms with van der Waals surface area (Å²) in [5, 5.41) is 5.86. The van der Waals surface area contributed by atoms with E-state index in [1.807, 2.05) is 6.07 Å². The average Bonchev–Trinajstić information content (AvgIpc) is 2.70. The molecule has 3 rings (SSSR count). The number of aromatic nitrogens is 1. The van der Waals surface area contributed by atoms with Crippen LogP contribution in [0.2, 0.25) is 10.2 Å². The van der Waals surface area contributed by atoms with Gasteiger partial charge < -0.3 is 10.6 Å². The fourth-order valence-electron chi connectivity index (χ4n) is 2.40. The number of rotatable bonds is 5. The van der Waals surface area contributed by atoms with Crippen LogP contribution in [0, 0.1) is 0 Å². The average molecular weight is 491 g/mol. The molecule has 2 amide bonds. The van der Waals surface area contributed by atoms with Crippen LogP contribution in [-0.2, 0) is 9.59 Å². The Balaban J connectivity index is 1.94. The summed E-state index contributed by atoms with van der Waals surface area (Å²) >= 11 is 15.6. The summed E-state index contributed by atoms with van der Waals surface area (Å²) in [7, 11) is 0. The van der Waals surface area contributed by atoms with Gasteiger partial charge in [0.2, 0.25) is 0 Å². The molecular formula is C21H14BrCl2N3O2. The van der Waals surface area contributed by atoms with Crippen LogP contribution in [-0.4, -0.2) is 16.8 Å². The van der Waals surface area contributed by atoms with Crippen LogP contribution in [0.3, 0.4) is 0 Å². The van der Waals surface area contributed by atoms with E-state index < -0.39 is 11.8 Å². The lowest BCUT2D eigenvalue weighted by Crippen LogP contribution is -2.25. The van der Waals surface area contributed by atoms with Crippen molar-refractivity contribution in [3.63, 3.8) is 0 Å². The first-order valence-electron chi connectivity index (χ1n) is 8.39. The molecule has 29 heavy (non-hydrogen) atoms. The number of carbonyl (C=O) groups is 2. The molecule has 0 aliphatic carbocycles. The van der Waals surface area contributed by atoms with Crippen LogP contribution in [0.4, 0.5) is 11.4 Å². The summed E-state index contributed by atoms with van der Waals surface area (Å²) < 4.78 is 0.764. The number of benzene rings is 2. The lowest BCUT2D eigenvalue weighted by Gasteiger charge is -2.12. The van der Waals surface area contributed by atoms with Crippen molar-refractivity contribution < 1.29 is 9.59 Å². The smallest absolute Gasteiger partial charge is 0.261 e. The Hall–Kier alpha value is -2.67. The molecule has 0 fully saturated rings. The van der Waals surface area contributed by atoms with Crippen LogP contribution in [0.1, 0.15) is 5.56 Å². The van der Waals surface area contributed by atoms with E-state index in [9.17, 15) is 9.59 Å². The summed E-state index contributed by atoms with van der Waals surface area (Å²) in [5.41, 5.74) is 1.21. The molecule has 146 valence electrons. The topological polar surface area (TPSA) is 71.1 Å². The molecule has 0 unspecified atom stereocenters. The number of pyridine rings is 1. The highest BCUT2D eigenvalue weighted by Crippen LogP contribution is 2.26. The third-order valence-corrected chi connectivity index (χ3v) is 4.91. The summed E-state index contributed by atoms with van der Waals surface area (Å²) in [6.45, 7) is 0. The predicted octanol–water partition coefficient (Wildman–Crippen LogP) is 5.81. The zero-order valence-corrected chi connectivity index (χ0v) is 17.9. The third kappa shape index (κ3) is 5.67. The number of para-hydroxylation sites is 1. The van der Waals surface area contributed by atoms with E-state index in [4.69, 9.17) is 23.2 Å². The molecule has 0 radical (unpaired) electrons. The highest BCUT2D eigenvalue weighted by Gasteiger charge is 2.20. The SMILES string of the molecule is O=C(Nc1ccccc1)/C(=C\c1cccnc1Cl)C(=O)Nc1ccc(Br)cc1Cl. The Morgan fingerprint density at radius 1 is 0.931 bits per heavy atom. The lowest BCUT2D eigenvalue weighted by atomic mass is 10.1. The zero-order valence-electron chi connectivity index (χ0n) is 14.8. The Morgan fingerprint density at radius 3 is 2.34 bits per heavy atom. The van der Waals surface area contributed by atoms with Crippen molar-refractivity contribution in [3.05, 3.63) is 92.6 Å². The molecule has 0 spiro atoms. The number of hydrogen-bond donors (Lipinski definition) is 2. The second-order valence-electron chi connectivity index (χ2n) is 5.84. The van der Waals surface area contributed by atoms with Crippen molar-refractivity contribution in [2.24, 2.45) is 0 Å². The summed E-state index contributed by atoms with van der Waals surface area (Å²) in [4.78, 5) is 29.8. The molecule has 2 N–H and O–H groups in total. The second kappa shape index (κ2) is 9.69. The van der Waals surface area contributed by atoms with E-state index >= 15 is 0 Å². The molecule has 0 saturated heterocycles. The van der Waals surface area contributed by atoms with Crippen molar-refractivity contribution in [1.29, 1.82) is 0 Å². The first-order valence-corrected chi connectivity index (χ1v) is 9.94. The van der Waals surface area contributed by atoms with Crippen molar-refractivity contribution in [2.45, 2.75) is 0 Å². The number of hydrogen-bond acceptors (Lipinski definition) is 3.